The maximum atomic E-state index is 11.2. The van der Waals surface area contributed by atoms with Crippen LogP contribution in [-0.4, -0.2) is 28.3 Å². The van der Waals surface area contributed by atoms with Crippen molar-refractivity contribution in [2.24, 2.45) is 0 Å². The van der Waals surface area contributed by atoms with Gasteiger partial charge in [0.25, 0.3) is 5.91 Å². The van der Waals surface area contributed by atoms with Crippen molar-refractivity contribution in [3.63, 3.8) is 0 Å². The summed E-state index contributed by atoms with van der Waals surface area (Å²) >= 11 is 0. The highest BCUT2D eigenvalue weighted by molar-refractivity contribution is 5.81. The molecule has 0 bridgehead atoms. The van der Waals surface area contributed by atoms with Gasteiger partial charge in [-0.1, -0.05) is 0 Å². The Labute approximate surface area is 101 Å². The van der Waals surface area contributed by atoms with E-state index in [1.807, 2.05) is 5.43 Å². The lowest BCUT2D eigenvalue weighted by Gasteiger charge is -2.07. The molecule has 0 aliphatic rings. The molecule has 0 saturated carbocycles. The first kappa shape index (κ1) is 13.4. The molecule has 9 heteroatoms. The summed E-state index contributed by atoms with van der Waals surface area (Å²) in [5.74, 6) is -1.70. The highest BCUT2D eigenvalue weighted by atomic mass is 16.6. The topological polar surface area (TPSA) is 123 Å². The first-order valence-electron chi connectivity index (χ1n) is 4.78. The predicted molar refractivity (Wildman–Crippen MR) is 58.3 cm³/mol. The molecule has 1 aromatic heterocycles. The zero-order chi connectivity index (χ0) is 13.5. The number of ether oxygens (including phenoxy) is 1. The number of nitrogens with zero attached hydrogens (tertiary/aromatic N) is 2. The number of carbonyl (C=O) groups is 2. The van der Waals surface area contributed by atoms with E-state index in [1.54, 1.807) is 0 Å². The van der Waals surface area contributed by atoms with Crippen LogP contribution in [0.5, 0.6) is 5.75 Å². The van der Waals surface area contributed by atoms with Crippen LogP contribution in [-0.2, 0) is 9.59 Å². The number of nitrogens with one attached hydrogen (secondary N) is 2. The third-order valence-corrected chi connectivity index (χ3v) is 1.66. The average molecular weight is 254 g/mol. The van der Waals surface area contributed by atoms with E-state index < -0.39 is 29.2 Å². The van der Waals surface area contributed by atoms with Crippen LogP contribution in [0.4, 0.5) is 5.82 Å². The van der Waals surface area contributed by atoms with Crippen LogP contribution in [0.3, 0.4) is 0 Å². The van der Waals surface area contributed by atoms with E-state index in [-0.39, 0.29) is 5.75 Å². The molecule has 0 aliphatic carbocycles. The summed E-state index contributed by atoms with van der Waals surface area (Å²) in [6.07, 6.45) is 1.24. The number of hydrazine groups is 1. The minimum absolute atomic E-state index is 0.125. The first-order chi connectivity index (χ1) is 8.50. The zero-order valence-electron chi connectivity index (χ0n) is 9.37. The van der Waals surface area contributed by atoms with Crippen molar-refractivity contribution < 1.29 is 19.2 Å². The van der Waals surface area contributed by atoms with Crippen LogP contribution in [0.25, 0.3) is 0 Å². The smallest absolute Gasteiger partial charge is 0.406 e. The van der Waals surface area contributed by atoms with Crippen molar-refractivity contribution in [3.05, 3.63) is 28.4 Å². The Balaban J connectivity index is 2.56. The van der Waals surface area contributed by atoms with E-state index in [0.29, 0.717) is 0 Å². The number of carbonyl (C=O) groups excluding carboxylic acids is 2. The normalized spacial score (nSPS) is 9.39. The van der Waals surface area contributed by atoms with Gasteiger partial charge in [0.1, 0.15) is 6.20 Å². The van der Waals surface area contributed by atoms with Crippen molar-refractivity contribution in [3.8, 4) is 5.75 Å². The molecule has 0 unspecified atom stereocenters. The van der Waals surface area contributed by atoms with Gasteiger partial charge in [0, 0.05) is 6.92 Å². The molecule has 0 saturated heterocycles. The van der Waals surface area contributed by atoms with Crippen LogP contribution in [0.15, 0.2) is 18.3 Å². The molecular formula is C9H10N4O5. The standard InChI is InChI=1S/C9H10N4O5/c1-6(14)11-12-8(15)5-18-7-3-2-4-10-9(7)13(16)17/h2-4H,5H2,1H3,(H,11,14)(H,12,15). The molecule has 0 aliphatic heterocycles. The monoisotopic (exact) mass is 254 g/mol. The number of hydrogen-bond donors (Lipinski definition) is 2. The van der Waals surface area contributed by atoms with Crippen LogP contribution < -0.4 is 15.6 Å². The van der Waals surface area contributed by atoms with Crippen molar-refractivity contribution in [2.45, 2.75) is 6.92 Å². The molecule has 18 heavy (non-hydrogen) atoms. The highest BCUT2D eigenvalue weighted by Crippen LogP contribution is 2.22. The lowest BCUT2D eigenvalue weighted by molar-refractivity contribution is -0.390. The van der Waals surface area contributed by atoms with Gasteiger partial charge >= 0.3 is 5.82 Å². The quantitative estimate of drug-likeness (QED) is 0.553. The Bertz CT molecular complexity index is 476. The molecule has 1 rings (SSSR count). The van der Waals surface area contributed by atoms with Gasteiger partial charge in [0.05, 0.1) is 0 Å². The fraction of sp³-hybridized carbons (Fsp3) is 0.222. The third kappa shape index (κ3) is 4.04. The molecule has 0 spiro atoms. The van der Waals surface area contributed by atoms with Gasteiger partial charge in [-0.25, -0.2) is 0 Å². The summed E-state index contributed by atoms with van der Waals surface area (Å²) in [6.45, 7) is 0.736. The number of nitro groups is 1. The average Bonchev–Trinajstić information content (AvgIpc) is 2.34. The third-order valence-electron chi connectivity index (χ3n) is 1.66. The summed E-state index contributed by atoms with van der Waals surface area (Å²) in [5, 5.41) is 10.6. The Morgan fingerprint density at radius 1 is 1.50 bits per heavy atom. The second kappa shape index (κ2) is 6.13. The number of aromatic nitrogens is 1. The minimum Gasteiger partial charge on any atom is -0.476 e. The molecule has 0 aromatic carbocycles. The van der Waals surface area contributed by atoms with Gasteiger partial charge < -0.3 is 14.9 Å². The Hall–Kier alpha value is -2.71. The minimum atomic E-state index is -0.721. The van der Waals surface area contributed by atoms with Gasteiger partial charge in [-0.05, 0) is 22.0 Å². The molecule has 2 N–H and O–H groups in total. The molecule has 0 radical (unpaired) electrons. The molecule has 2 amide bonds. The summed E-state index contributed by atoms with van der Waals surface area (Å²) in [5.41, 5.74) is 4.10. The number of rotatable bonds is 4. The molecule has 96 valence electrons. The second-order valence-electron chi connectivity index (χ2n) is 3.10. The summed E-state index contributed by atoms with van der Waals surface area (Å²) in [6, 6.07) is 2.75. The SMILES string of the molecule is CC(=O)NNC(=O)COc1cccnc1[N+](=O)[O-]. The van der Waals surface area contributed by atoms with Crippen molar-refractivity contribution in [1.82, 2.24) is 15.8 Å². The molecule has 1 heterocycles. The van der Waals surface area contributed by atoms with Crippen LogP contribution in [0, 0.1) is 10.1 Å². The number of hydrogen-bond acceptors (Lipinski definition) is 6. The van der Waals surface area contributed by atoms with Crippen LogP contribution in [0.2, 0.25) is 0 Å². The van der Waals surface area contributed by atoms with Crippen molar-refractivity contribution in [2.75, 3.05) is 6.61 Å². The molecule has 0 atom stereocenters. The first-order valence-corrected chi connectivity index (χ1v) is 4.78. The zero-order valence-corrected chi connectivity index (χ0v) is 9.37. The van der Waals surface area contributed by atoms with Crippen molar-refractivity contribution in [1.29, 1.82) is 0 Å². The predicted octanol–water partition coefficient (Wildman–Crippen LogP) is -0.464. The molecular weight excluding hydrogens is 244 g/mol. The lowest BCUT2D eigenvalue weighted by atomic mass is 10.4. The second-order valence-corrected chi connectivity index (χ2v) is 3.10. The summed E-state index contributed by atoms with van der Waals surface area (Å²) in [7, 11) is 0. The number of pyridine rings is 1. The lowest BCUT2D eigenvalue weighted by Crippen LogP contribution is -2.42. The van der Waals surface area contributed by atoms with E-state index in [1.165, 1.54) is 25.3 Å². The van der Waals surface area contributed by atoms with E-state index in [0.717, 1.165) is 0 Å². The van der Waals surface area contributed by atoms with E-state index in [9.17, 15) is 19.7 Å². The largest absolute Gasteiger partial charge is 0.476 e. The highest BCUT2D eigenvalue weighted by Gasteiger charge is 2.16. The Kier molecular flexibility index (Phi) is 4.55. The fourth-order valence-electron chi connectivity index (χ4n) is 0.969. The van der Waals surface area contributed by atoms with Gasteiger partial charge in [-0.2, -0.15) is 0 Å². The van der Waals surface area contributed by atoms with E-state index >= 15 is 0 Å². The van der Waals surface area contributed by atoms with E-state index in [2.05, 4.69) is 10.4 Å². The summed E-state index contributed by atoms with van der Waals surface area (Å²) in [4.78, 5) is 35.0. The Morgan fingerprint density at radius 3 is 2.83 bits per heavy atom. The number of amides is 2. The summed E-state index contributed by atoms with van der Waals surface area (Å²) < 4.78 is 4.93. The Morgan fingerprint density at radius 2 is 2.22 bits per heavy atom. The van der Waals surface area contributed by atoms with Gasteiger partial charge in [0.2, 0.25) is 11.7 Å². The fourth-order valence-corrected chi connectivity index (χ4v) is 0.969. The van der Waals surface area contributed by atoms with Gasteiger partial charge in [-0.15, -0.1) is 0 Å². The maximum Gasteiger partial charge on any atom is 0.406 e. The molecule has 9 nitrogen and oxygen atoms in total. The molecule has 1 aromatic rings. The van der Waals surface area contributed by atoms with Crippen LogP contribution >= 0.6 is 0 Å². The maximum absolute atomic E-state index is 11.2. The van der Waals surface area contributed by atoms with Gasteiger partial charge in [-0.3, -0.25) is 20.4 Å². The van der Waals surface area contributed by atoms with E-state index in [4.69, 9.17) is 4.74 Å². The van der Waals surface area contributed by atoms with Gasteiger partial charge in [0.15, 0.2) is 6.61 Å². The van der Waals surface area contributed by atoms with Crippen molar-refractivity contribution >= 4 is 17.6 Å². The molecule has 0 fully saturated rings. The van der Waals surface area contributed by atoms with Crippen LogP contribution in [0.1, 0.15) is 6.92 Å².